The molecule has 0 saturated carbocycles. The molecule has 80 valence electrons. The van der Waals surface area contributed by atoms with E-state index in [9.17, 15) is 9.59 Å². The normalized spacial score (nSPS) is 18.9. The third-order valence-corrected chi connectivity index (χ3v) is 2.22. The smallest absolute Gasteiger partial charge is 0.244 e. The predicted octanol–water partition coefficient (Wildman–Crippen LogP) is -1.06. The first-order chi connectivity index (χ1) is 6.61. The minimum absolute atomic E-state index is 0.00157. The molecule has 1 atom stereocenters. The number of amides is 2. The van der Waals surface area contributed by atoms with Crippen LogP contribution in [0.3, 0.4) is 0 Å². The average molecular weight is 199 g/mol. The van der Waals surface area contributed by atoms with E-state index in [0.29, 0.717) is 0 Å². The van der Waals surface area contributed by atoms with Crippen molar-refractivity contribution < 1.29 is 9.59 Å². The van der Waals surface area contributed by atoms with E-state index in [4.69, 9.17) is 0 Å². The Morgan fingerprint density at radius 1 is 1.36 bits per heavy atom. The molecule has 1 heterocycles. The molecule has 1 unspecified atom stereocenters. The van der Waals surface area contributed by atoms with Gasteiger partial charge in [0, 0.05) is 33.1 Å². The summed E-state index contributed by atoms with van der Waals surface area (Å²) in [6.07, 6.45) is 0. The Balaban J connectivity index is 2.42. The lowest BCUT2D eigenvalue weighted by Gasteiger charge is -2.29. The Morgan fingerprint density at radius 3 is 2.43 bits per heavy atom. The predicted molar refractivity (Wildman–Crippen MR) is 52.7 cm³/mol. The number of carbonyl (C=O) groups excluding carboxylic acids is 2. The van der Waals surface area contributed by atoms with E-state index in [2.05, 4.69) is 10.6 Å². The Hall–Kier alpha value is -1.10. The maximum Gasteiger partial charge on any atom is 0.244 e. The van der Waals surface area contributed by atoms with Crippen LogP contribution in [-0.4, -0.2) is 48.9 Å². The summed E-state index contributed by atoms with van der Waals surface area (Å²) in [5.41, 5.74) is 0. The van der Waals surface area contributed by atoms with Gasteiger partial charge in [0.05, 0.1) is 0 Å². The van der Waals surface area contributed by atoms with Crippen LogP contribution in [-0.2, 0) is 9.59 Å². The van der Waals surface area contributed by atoms with Crippen LogP contribution in [0.15, 0.2) is 0 Å². The first-order valence-electron chi connectivity index (χ1n) is 4.88. The standard InChI is InChI=1S/C9H17N3O2/c1-7(11-8(2)13)9(14)12-5-3-10-4-6-12/h7,10H,3-6H2,1-2H3,(H,11,13). The Kier molecular flexibility index (Phi) is 3.88. The Bertz CT molecular complexity index is 224. The second-order valence-electron chi connectivity index (χ2n) is 3.50. The molecular weight excluding hydrogens is 182 g/mol. The number of nitrogens with one attached hydrogen (secondary N) is 2. The lowest BCUT2D eigenvalue weighted by molar-refractivity contribution is -0.136. The lowest BCUT2D eigenvalue weighted by Crippen LogP contribution is -2.52. The molecule has 0 aromatic rings. The van der Waals surface area contributed by atoms with Gasteiger partial charge in [-0.05, 0) is 6.92 Å². The van der Waals surface area contributed by atoms with Gasteiger partial charge in [-0.3, -0.25) is 9.59 Å². The van der Waals surface area contributed by atoms with E-state index in [0.717, 1.165) is 26.2 Å². The van der Waals surface area contributed by atoms with Crippen LogP contribution in [0.4, 0.5) is 0 Å². The van der Waals surface area contributed by atoms with Crippen LogP contribution in [0.5, 0.6) is 0 Å². The fourth-order valence-electron chi connectivity index (χ4n) is 1.53. The van der Waals surface area contributed by atoms with Crippen LogP contribution in [0.1, 0.15) is 13.8 Å². The summed E-state index contributed by atoms with van der Waals surface area (Å²) >= 11 is 0. The fraction of sp³-hybridized carbons (Fsp3) is 0.778. The van der Waals surface area contributed by atoms with Crippen molar-refractivity contribution in [2.75, 3.05) is 26.2 Å². The maximum absolute atomic E-state index is 11.7. The largest absolute Gasteiger partial charge is 0.345 e. The molecule has 0 aromatic carbocycles. The van der Waals surface area contributed by atoms with E-state index >= 15 is 0 Å². The highest BCUT2D eigenvalue weighted by atomic mass is 16.2. The van der Waals surface area contributed by atoms with E-state index in [1.54, 1.807) is 11.8 Å². The zero-order valence-electron chi connectivity index (χ0n) is 8.67. The summed E-state index contributed by atoms with van der Waals surface area (Å²) in [5, 5.41) is 5.76. The summed E-state index contributed by atoms with van der Waals surface area (Å²) in [6, 6.07) is -0.411. The highest BCUT2D eigenvalue weighted by molar-refractivity contribution is 5.86. The average Bonchev–Trinajstić information content (AvgIpc) is 2.17. The number of carbonyl (C=O) groups is 2. The zero-order chi connectivity index (χ0) is 10.6. The molecule has 5 nitrogen and oxygen atoms in total. The first-order valence-corrected chi connectivity index (χ1v) is 4.88. The first kappa shape index (κ1) is 11.0. The molecule has 0 spiro atoms. The molecule has 2 N–H and O–H groups in total. The molecule has 14 heavy (non-hydrogen) atoms. The van der Waals surface area contributed by atoms with Gasteiger partial charge in [-0.25, -0.2) is 0 Å². The monoisotopic (exact) mass is 199 g/mol. The van der Waals surface area contributed by atoms with Gasteiger partial charge in [-0.1, -0.05) is 0 Å². The van der Waals surface area contributed by atoms with Gasteiger partial charge < -0.3 is 15.5 Å². The number of rotatable bonds is 2. The van der Waals surface area contributed by atoms with E-state index in [1.165, 1.54) is 6.92 Å². The van der Waals surface area contributed by atoms with Gasteiger partial charge in [-0.15, -0.1) is 0 Å². The van der Waals surface area contributed by atoms with Crippen LogP contribution in [0, 0.1) is 0 Å². The van der Waals surface area contributed by atoms with Gasteiger partial charge in [0.1, 0.15) is 6.04 Å². The van der Waals surface area contributed by atoms with Crippen molar-refractivity contribution in [3.8, 4) is 0 Å². The van der Waals surface area contributed by atoms with Crippen molar-refractivity contribution in [3.63, 3.8) is 0 Å². The zero-order valence-corrected chi connectivity index (χ0v) is 8.67. The lowest BCUT2D eigenvalue weighted by atomic mass is 10.2. The third kappa shape index (κ3) is 2.99. The number of hydrogen-bond donors (Lipinski definition) is 2. The molecule has 0 radical (unpaired) electrons. The van der Waals surface area contributed by atoms with Gasteiger partial charge in [-0.2, -0.15) is 0 Å². The van der Waals surface area contributed by atoms with Crippen molar-refractivity contribution in [2.45, 2.75) is 19.9 Å². The summed E-state index contributed by atoms with van der Waals surface area (Å²) < 4.78 is 0. The van der Waals surface area contributed by atoms with Crippen molar-refractivity contribution in [2.24, 2.45) is 0 Å². The summed E-state index contributed by atoms with van der Waals surface area (Å²) in [6.45, 7) is 6.25. The molecule has 1 aliphatic rings. The second-order valence-corrected chi connectivity index (χ2v) is 3.50. The number of nitrogens with zero attached hydrogens (tertiary/aromatic N) is 1. The van der Waals surface area contributed by atoms with Crippen molar-refractivity contribution in [1.82, 2.24) is 15.5 Å². The molecule has 5 heteroatoms. The minimum Gasteiger partial charge on any atom is -0.345 e. The molecule has 0 aliphatic carbocycles. The van der Waals surface area contributed by atoms with Gasteiger partial charge >= 0.3 is 0 Å². The van der Waals surface area contributed by atoms with Gasteiger partial charge in [0.25, 0.3) is 0 Å². The van der Waals surface area contributed by atoms with E-state index in [1.807, 2.05) is 0 Å². The quantitative estimate of drug-likeness (QED) is 0.596. The summed E-state index contributed by atoms with van der Waals surface area (Å²) in [4.78, 5) is 24.2. The van der Waals surface area contributed by atoms with Gasteiger partial charge in [0.2, 0.25) is 11.8 Å². The van der Waals surface area contributed by atoms with E-state index < -0.39 is 6.04 Å². The van der Waals surface area contributed by atoms with Crippen LogP contribution >= 0.6 is 0 Å². The summed E-state index contributed by atoms with van der Waals surface area (Å²) in [7, 11) is 0. The van der Waals surface area contributed by atoms with Gasteiger partial charge in [0.15, 0.2) is 0 Å². The molecule has 1 fully saturated rings. The fourth-order valence-corrected chi connectivity index (χ4v) is 1.53. The number of hydrogen-bond acceptors (Lipinski definition) is 3. The van der Waals surface area contributed by atoms with Crippen molar-refractivity contribution in [3.05, 3.63) is 0 Å². The Morgan fingerprint density at radius 2 is 1.93 bits per heavy atom. The molecular formula is C9H17N3O2. The van der Waals surface area contributed by atoms with Crippen LogP contribution in [0.25, 0.3) is 0 Å². The van der Waals surface area contributed by atoms with E-state index in [-0.39, 0.29) is 11.8 Å². The summed E-state index contributed by atoms with van der Waals surface area (Å²) in [5.74, 6) is -0.164. The molecule has 1 rings (SSSR count). The SMILES string of the molecule is CC(=O)NC(C)C(=O)N1CCNCC1. The topological polar surface area (TPSA) is 61.4 Å². The highest BCUT2D eigenvalue weighted by Gasteiger charge is 2.21. The maximum atomic E-state index is 11.7. The third-order valence-electron chi connectivity index (χ3n) is 2.22. The second kappa shape index (κ2) is 4.95. The molecule has 2 amide bonds. The van der Waals surface area contributed by atoms with Crippen molar-refractivity contribution in [1.29, 1.82) is 0 Å². The van der Waals surface area contributed by atoms with Crippen LogP contribution in [0.2, 0.25) is 0 Å². The molecule has 0 bridgehead atoms. The van der Waals surface area contributed by atoms with Crippen molar-refractivity contribution >= 4 is 11.8 Å². The minimum atomic E-state index is -0.411. The highest BCUT2D eigenvalue weighted by Crippen LogP contribution is 1.97. The molecule has 1 aliphatic heterocycles. The number of piperazine rings is 1. The Labute approximate surface area is 83.8 Å². The molecule has 1 saturated heterocycles. The molecule has 0 aromatic heterocycles. The van der Waals surface area contributed by atoms with Crippen LogP contribution < -0.4 is 10.6 Å².